The lowest BCUT2D eigenvalue weighted by molar-refractivity contribution is -0.139. The standard InChI is InChI=1S/C13H20N2O3/c1-8(11-9(2)15-18-10(11)3)14-12(16)13(17)6-4-5-7-13/h8,17H,4-7H2,1-3H3,(H,14,16). The number of carbonyl (C=O) groups is 1. The van der Waals surface area contributed by atoms with Crippen molar-refractivity contribution in [3.8, 4) is 0 Å². The second kappa shape index (κ2) is 4.72. The number of carbonyl (C=O) groups excluding carboxylic acids is 1. The van der Waals surface area contributed by atoms with E-state index in [1.807, 2.05) is 20.8 Å². The summed E-state index contributed by atoms with van der Waals surface area (Å²) < 4.78 is 5.08. The highest BCUT2D eigenvalue weighted by Crippen LogP contribution is 2.30. The summed E-state index contributed by atoms with van der Waals surface area (Å²) in [6.45, 7) is 5.55. The molecule has 1 fully saturated rings. The fraction of sp³-hybridized carbons (Fsp3) is 0.692. The second-order valence-corrected chi connectivity index (χ2v) is 5.17. The van der Waals surface area contributed by atoms with Crippen LogP contribution < -0.4 is 5.32 Å². The van der Waals surface area contributed by atoms with E-state index in [0.29, 0.717) is 18.6 Å². The number of aryl methyl sites for hydroxylation is 2. The summed E-state index contributed by atoms with van der Waals surface area (Å²) in [5.41, 5.74) is 0.483. The molecule has 1 atom stereocenters. The van der Waals surface area contributed by atoms with Crippen LogP contribution in [0.15, 0.2) is 4.52 Å². The van der Waals surface area contributed by atoms with Gasteiger partial charge in [0.2, 0.25) is 0 Å². The fourth-order valence-electron chi connectivity index (χ4n) is 2.70. The number of hydrogen-bond donors (Lipinski definition) is 2. The average molecular weight is 252 g/mol. The highest BCUT2D eigenvalue weighted by molar-refractivity contribution is 5.85. The molecule has 1 aliphatic carbocycles. The maximum absolute atomic E-state index is 12.1. The summed E-state index contributed by atoms with van der Waals surface area (Å²) in [6, 6.07) is -0.201. The quantitative estimate of drug-likeness (QED) is 0.859. The number of aliphatic hydroxyl groups is 1. The molecule has 1 amide bonds. The summed E-state index contributed by atoms with van der Waals surface area (Å²) in [5.74, 6) is 0.422. The van der Waals surface area contributed by atoms with Crippen molar-refractivity contribution < 1.29 is 14.4 Å². The van der Waals surface area contributed by atoms with E-state index in [4.69, 9.17) is 4.52 Å². The monoisotopic (exact) mass is 252 g/mol. The Balaban J connectivity index is 2.08. The number of amides is 1. The molecule has 0 aliphatic heterocycles. The summed E-state index contributed by atoms with van der Waals surface area (Å²) >= 11 is 0. The van der Waals surface area contributed by atoms with E-state index in [1.54, 1.807) is 0 Å². The predicted molar refractivity (Wildman–Crippen MR) is 66.0 cm³/mol. The molecule has 1 aliphatic rings. The van der Waals surface area contributed by atoms with Gasteiger partial charge in [0.05, 0.1) is 11.7 Å². The van der Waals surface area contributed by atoms with Crippen molar-refractivity contribution >= 4 is 5.91 Å². The molecule has 100 valence electrons. The van der Waals surface area contributed by atoms with Crippen molar-refractivity contribution in [2.45, 2.75) is 58.1 Å². The van der Waals surface area contributed by atoms with E-state index < -0.39 is 5.60 Å². The highest BCUT2D eigenvalue weighted by Gasteiger charge is 2.39. The minimum Gasteiger partial charge on any atom is -0.380 e. The van der Waals surface area contributed by atoms with Crippen molar-refractivity contribution in [3.05, 3.63) is 17.0 Å². The van der Waals surface area contributed by atoms with Gasteiger partial charge in [0.15, 0.2) is 0 Å². The van der Waals surface area contributed by atoms with Gasteiger partial charge in [-0.2, -0.15) is 0 Å². The molecule has 1 aromatic rings. The van der Waals surface area contributed by atoms with Gasteiger partial charge >= 0.3 is 0 Å². The SMILES string of the molecule is Cc1noc(C)c1C(C)NC(=O)C1(O)CCCC1. The molecule has 5 nitrogen and oxygen atoms in total. The smallest absolute Gasteiger partial charge is 0.252 e. The number of nitrogens with one attached hydrogen (secondary N) is 1. The summed E-state index contributed by atoms with van der Waals surface area (Å²) in [6.07, 6.45) is 2.91. The fourth-order valence-corrected chi connectivity index (χ4v) is 2.70. The first-order valence-electron chi connectivity index (χ1n) is 6.40. The number of hydrogen-bond acceptors (Lipinski definition) is 4. The first kappa shape index (κ1) is 13.1. The third-order valence-electron chi connectivity index (χ3n) is 3.72. The van der Waals surface area contributed by atoms with E-state index in [0.717, 1.165) is 24.1 Å². The predicted octanol–water partition coefficient (Wildman–Crippen LogP) is 1.77. The van der Waals surface area contributed by atoms with E-state index in [-0.39, 0.29) is 11.9 Å². The maximum Gasteiger partial charge on any atom is 0.252 e. The lowest BCUT2D eigenvalue weighted by Gasteiger charge is -2.24. The van der Waals surface area contributed by atoms with Gasteiger partial charge < -0.3 is 14.9 Å². The van der Waals surface area contributed by atoms with E-state index in [9.17, 15) is 9.90 Å². The second-order valence-electron chi connectivity index (χ2n) is 5.17. The van der Waals surface area contributed by atoms with Gasteiger partial charge in [0, 0.05) is 5.56 Å². The topological polar surface area (TPSA) is 75.4 Å². The molecule has 0 saturated heterocycles. The Morgan fingerprint density at radius 3 is 2.56 bits per heavy atom. The molecule has 0 radical (unpaired) electrons. The molecule has 5 heteroatoms. The van der Waals surface area contributed by atoms with Crippen molar-refractivity contribution in [1.82, 2.24) is 10.5 Å². The largest absolute Gasteiger partial charge is 0.380 e. The zero-order valence-corrected chi connectivity index (χ0v) is 11.1. The molecule has 1 heterocycles. The lowest BCUT2D eigenvalue weighted by Crippen LogP contribution is -2.45. The Labute approximate surface area is 107 Å². The number of aromatic nitrogens is 1. The summed E-state index contributed by atoms with van der Waals surface area (Å²) in [4.78, 5) is 12.1. The number of rotatable bonds is 3. The van der Waals surface area contributed by atoms with Crippen LogP contribution in [-0.4, -0.2) is 21.8 Å². The summed E-state index contributed by atoms with van der Waals surface area (Å²) in [7, 11) is 0. The highest BCUT2D eigenvalue weighted by atomic mass is 16.5. The van der Waals surface area contributed by atoms with Gasteiger partial charge in [0.25, 0.3) is 5.91 Å². The van der Waals surface area contributed by atoms with Crippen molar-refractivity contribution in [3.63, 3.8) is 0 Å². The van der Waals surface area contributed by atoms with E-state index >= 15 is 0 Å². The van der Waals surface area contributed by atoms with Gasteiger partial charge in [-0.05, 0) is 46.5 Å². The molecule has 0 aromatic carbocycles. The number of nitrogens with zero attached hydrogens (tertiary/aromatic N) is 1. The first-order valence-corrected chi connectivity index (χ1v) is 6.40. The summed E-state index contributed by atoms with van der Waals surface area (Å²) in [5, 5.41) is 16.9. The van der Waals surface area contributed by atoms with E-state index in [1.165, 1.54) is 0 Å². The zero-order chi connectivity index (χ0) is 13.3. The first-order chi connectivity index (χ1) is 8.44. The van der Waals surface area contributed by atoms with Crippen LogP contribution in [0.2, 0.25) is 0 Å². The van der Waals surface area contributed by atoms with Gasteiger partial charge in [-0.1, -0.05) is 5.16 Å². The Morgan fingerprint density at radius 2 is 2.06 bits per heavy atom. The molecule has 2 rings (SSSR count). The van der Waals surface area contributed by atoms with Crippen LogP contribution in [0.3, 0.4) is 0 Å². The third-order valence-corrected chi connectivity index (χ3v) is 3.72. The van der Waals surface area contributed by atoms with Crippen LogP contribution in [-0.2, 0) is 4.79 Å². The van der Waals surface area contributed by atoms with Crippen LogP contribution >= 0.6 is 0 Å². The van der Waals surface area contributed by atoms with Gasteiger partial charge in [-0.15, -0.1) is 0 Å². The van der Waals surface area contributed by atoms with Crippen molar-refractivity contribution in [2.24, 2.45) is 0 Å². The molecule has 1 unspecified atom stereocenters. The lowest BCUT2D eigenvalue weighted by atomic mass is 9.99. The third kappa shape index (κ3) is 2.27. The van der Waals surface area contributed by atoms with E-state index in [2.05, 4.69) is 10.5 Å². The molecular weight excluding hydrogens is 232 g/mol. The van der Waals surface area contributed by atoms with Crippen molar-refractivity contribution in [1.29, 1.82) is 0 Å². The van der Waals surface area contributed by atoms with Gasteiger partial charge in [-0.3, -0.25) is 4.79 Å². The van der Waals surface area contributed by atoms with Crippen LogP contribution in [0.4, 0.5) is 0 Å². The van der Waals surface area contributed by atoms with Crippen LogP contribution in [0, 0.1) is 13.8 Å². The Morgan fingerprint density at radius 1 is 1.44 bits per heavy atom. The molecule has 2 N–H and O–H groups in total. The average Bonchev–Trinajstić information content (AvgIpc) is 2.87. The van der Waals surface area contributed by atoms with Crippen LogP contribution in [0.5, 0.6) is 0 Å². The molecule has 1 saturated carbocycles. The Kier molecular flexibility index (Phi) is 3.43. The van der Waals surface area contributed by atoms with Crippen LogP contribution in [0.25, 0.3) is 0 Å². The molecule has 0 bridgehead atoms. The molecule has 1 aromatic heterocycles. The maximum atomic E-state index is 12.1. The van der Waals surface area contributed by atoms with Crippen molar-refractivity contribution in [2.75, 3.05) is 0 Å². The molecule has 0 spiro atoms. The normalized spacial score (nSPS) is 19.8. The molecular formula is C13H20N2O3. The van der Waals surface area contributed by atoms with Gasteiger partial charge in [0.1, 0.15) is 11.4 Å². The Hall–Kier alpha value is -1.36. The molecule has 18 heavy (non-hydrogen) atoms. The Bertz CT molecular complexity index is 428. The van der Waals surface area contributed by atoms with Gasteiger partial charge in [-0.25, -0.2) is 0 Å². The minimum atomic E-state index is -1.19. The zero-order valence-electron chi connectivity index (χ0n) is 11.1. The van der Waals surface area contributed by atoms with Crippen LogP contribution in [0.1, 0.15) is 55.7 Å². The minimum absolute atomic E-state index is 0.201.